The number of ether oxygens (including phenoxy) is 1. The summed E-state index contributed by atoms with van der Waals surface area (Å²) in [5, 5.41) is 4.17. The highest BCUT2D eigenvalue weighted by Crippen LogP contribution is 2.27. The second-order valence-corrected chi connectivity index (χ2v) is 6.08. The number of morpholine rings is 1. The summed E-state index contributed by atoms with van der Waals surface area (Å²) in [6.07, 6.45) is 0. The number of hydrogen-bond donors (Lipinski definition) is 0. The third-order valence-electron chi connectivity index (χ3n) is 2.67. The standard InChI is InChI=1S/C9H14ClN3O3S/c1-7-8(9(10)12(2)11-7)17(14,15)13-3-5-16-6-4-13/h3-6H2,1-2H3. The molecule has 0 aliphatic carbocycles. The molecule has 0 unspecified atom stereocenters. The Morgan fingerprint density at radius 2 is 1.94 bits per heavy atom. The molecule has 2 heterocycles. The maximum Gasteiger partial charge on any atom is 0.248 e. The predicted molar refractivity (Wildman–Crippen MR) is 62.5 cm³/mol. The van der Waals surface area contributed by atoms with Crippen molar-refractivity contribution < 1.29 is 13.2 Å². The normalized spacial score (nSPS) is 18.5. The number of rotatable bonds is 2. The molecule has 1 aromatic heterocycles. The highest BCUT2D eigenvalue weighted by Gasteiger charge is 2.32. The van der Waals surface area contributed by atoms with Gasteiger partial charge in [0.2, 0.25) is 10.0 Å². The fourth-order valence-electron chi connectivity index (χ4n) is 1.82. The van der Waals surface area contributed by atoms with E-state index in [4.69, 9.17) is 16.3 Å². The lowest BCUT2D eigenvalue weighted by molar-refractivity contribution is 0.0730. The molecule has 1 saturated heterocycles. The quantitative estimate of drug-likeness (QED) is 0.786. The van der Waals surface area contributed by atoms with Gasteiger partial charge in [0, 0.05) is 20.1 Å². The number of aryl methyl sites for hydroxylation is 2. The van der Waals surface area contributed by atoms with Gasteiger partial charge in [-0.05, 0) is 6.92 Å². The van der Waals surface area contributed by atoms with Crippen LogP contribution in [0, 0.1) is 6.92 Å². The smallest absolute Gasteiger partial charge is 0.248 e. The Kier molecular flexibility index (Phi) is 3.44. The Hall–Kier alpha value is -0.630. The van der Waals surface area contributed by atoms with Crippen molar-refractivity contribution in [2.45, 2.75) is 11.8 Å². The number of hydrogen-bond acceptors (Lipinski definition) is 4. The van der Waals surface area contributed by atoms with Crippen LogP contribution in [0.25, 0.3) is 0 Å². The molecule has 0 N–H and O–H groups in total. The minimum atomic E-state index is -3.56. The third-order valence-corrected chi connectivity index (χ3v) is 5.26. The van der Waals surface area contributed by atoms with E-state index in [9.17, 15) is 8.42 Å². The van der Waals surface area contributed by atoms with Crippen LogP contribution >= 0.6 is 11.6 Å². The van der Waals surface area contributed by atoms with Crippen molar-refractivity contribution in [3.63, 3.8) is 0 Å². The van der Waals surface area contributed by atoms with E-state index in [0.29, 0.717) is 32.0 Å². The second-order valence-electron chi connectivity index (χ2n) is 3.85. The van der Waals surface area contributed by atoms with Crippen LogP contribution < -0.4 is 0 Å². The van der Waals surface area contributed by atoms with Gasteiger partial charge < -0.3 is 4.74 Å². The van der Waals surface area contributed by atoms with Gasteiger partial charge in [-0.2, -0.15) is 9.40 Å². The highest BCUT2D eigenvalue weighted by atomic mass is 35.5. The fourth-order valence-corrected chi connectivity index (χ4v) is 3.93. The van der Waals surface area contributed by atoms with Crippen molar-refractivity contribution in [3.05, 3.63) is 10.8 Å². The van der Waals surface area contributed by atoms with Gasteiger partial charge in [-0.3, -0.25) is 4.68 Å². The summed E-state index contributed by atoms with van der Waals surface area (Å²) in [6, 6.07) is 0. The molecule has 0 bridgehead atoms. The largest absolute Gasteiger partial charge is 0.379 e. The number of sulfonamides is 1. The molecule has 2 rings (SSSR count). The lowest BCUT2D eigenvalue weighted by Gasteiger charge is -2.25. The van der Waals surface area contributed by atoms with Crippen LogP contribution in [0.15, 0.2) is 4.90 Å². The monoisotopic (exact) mass is 279 g/mol. The number of halogens is 1. The molecule has 1 fully saturated rings. The first-order valence-electron chi connectivity index (χ1n) is 5.21. The third kappa shape index (κ3) is 2.20. The topological polar surface area (TPSA) is 64.4 Å². The highest BCUT2D eigenvalue weighted by molar-refractivity contribution is 7.89. The van der Waals surface area contributed by atoms with Gasteiger partial charge in [0.05, 0.1) is 18.9 Å². The molecule has 0 radical (unpaired) electrons. The molecule has 0 atom stereocenters. The van der Waals surface area contributed by atoms with E-state index in [0.717, 1.165) is 0 Å². The molecule has 17 heavy (non-hydrogen) atoms. The zero-order valence-corrected chi connectivity index (χ0v) is 11.3. The Balaban J connectivity index is 2.43. The summed E-state index contributed by atoms with van der Waals surface area (Å²) in [6.45, 7) is 3.17. The van der Waals surface area contributed by atoms with Gasteiger partial charge in [0.1, 0.15) is 10.0 Å². The molecule has 96 valence electrons. The Morgan fingerprint density at radius 1 is 1.35 bits per heavy atom. The van der Waals surface area contributed by atoms with Gasteiger partial charge in [-0.15, -0.1) is 0 Å². The second kappa shape index (κ2) is 4.56. The van der Waals surface area contributed by atoms with Gasteiger partial charge in [-0.1, -0.05) is 11.6 Å². The zero-order chi connectivity index (χ0) is 12.6. The lowest BCUT2D eigenvalue weighted by Crippen LogP contribution is -2.40. The van der Waals surface area contributed by atoms with E-state index < -0.39 is 10.0 Å². The number of aromatic nitrogens is 2. The lowest BCUT2D eigenvalue weighted by atomic mass is 10.5. The van der Waals surface area contributed by atoms with Crippen molar-refractivity contribution in [2.24, 2.45) is 7.05 Å². The Labute approximate surface area is 105 Å². The van der Waals surface area contributed by atoms with Crippen molar-refractivity contribution in [1.82, 2.24) is 14.1 Å². The zero-order valence-electron chi connectivity index (χ0n) is 9.68. The molecule has 8 heteroatoms. The number of nitrogens with zero attached hydrogens (tertiary/aromatic N) is 3. The average Bonchev–Trinajstić information content (AvgIpc) is 2.54. The molecular weight excluding hydrogens is 266 g/mol. The minimum absolute atomic E-state index is 0.101. The van der Waals surface area contributed by atoms with Gasteiger partial charge in [0.15, 0.2) is 0 Å². The van der Waals surface area contributed by atoms with Crippen LogP contribution in [0.4, 0.5) is 0 Å². The molecule has 0 aromatic carbocycles. The molecule has 1 aliphatic rings. The summed E-state index contributed by atoms with van der Waals surface area (Å²) in [5.74, 6) is 0. The molecule has 1 aromatic rings. The van der Waals surface area contributed by atoms with Gasteiger partial charge >= 0.3 is 0 Å². The van der Waals surface area contributed by atoms with Crippen LogP contribution in [-0.4, -0.2) is 48.8 Å². The first kappa shape index (κ1) is 12.8. The van der Waals surface area contributed by atoms with Crippen LogP contribution in [0.1, 0.15) is 5.69 Å². The van der Waals surface area contributed by atoms with E-state index >= 15 is 0 Å². The van der Waals surface area contributed by atoms with E-state index in [-0.39, 0.29) is 10.0 Å². The summed E-state index contributed by atoms with van der Waals surface area (Å²) in [5.41, 5.74) is 0.420. The fraction of sp³-hybridized carbons (Fsp3) is 0.667. The van der Waals surface area contributed by atoms with Crippen molar-refractivity contribution in [1.29, 1.82) is 0 Å². The summed E-state index contributed by atoms with van der Waals surface area (Å²) in [4.78, 5) is 0.101. The summed E-state index contributed by atoms with van der Waals surface area (Å²) < 4.78 is 32.6. The molecule has 0 spiro atoms. The predicted octanol–water partition coefficient (Wildman–Crippen LogP) is 0.403. The molecule has 0 amide bonds. The van der Waals surface area contributed by atoms with E-state index in [1.165, 1.54) is 8.99 Å². The molecular formula is C9H14ClN3O3S. The van der Waals surface area contributed by atoms with Crippen LogP contribution in [0.5, 0.6) is 0 Å². The van der Waals surface area contributed by atoms with E-state index in [1.54, 1.807) is 14.0 Å². The SMILES string of the molecule is Cc1nn(C)c(Cl)c1S(=O)(=O)N1CCOCC1. The maximum absolute atomic E-state index is 12.4. The Morgan fingerprint density at radius 3 is 2.41 bits per heavy atom. The molecule has 1 aliphatic heterocycles. The van der Waals surface area contributed by atoms with Crippen LogP contribution in [0.3, 0.4) is 0 Å². The average molecular weight is 280 g/mol. The Bertz CT molecular complexity index is 520. The van der Waals surface area contributed by atoms with Crippen molar-refractivity contribution in [2.75, 3.05) is 26.3 Å². The van der Waals surface area contributed by atoms with Gasteiger partial charge in [-0.25, -0.2) is 8.42 Å². The van der Waals surface area contributed by atoms with Crippen molar-refractivity contribution >= 4 is 21.6 Å². The molecule has 6 nitrogen and oxygen atoms in total. The van der Waals surface area contributed by atoms with E-state index in [2.05, 4.69) is 5.10 Å². The minimum Gasteiger partial charge on any atom is -0.379 e. The van der Waals surface area contributed by atoms with Crippen LogP contribution in [0.2, 0.25) is 5.15 Å². The first-order valence-corrected chi connectivity index (χ1v) is 7.03. The van der Waals surface area contributed by atoms with Crippen molar-refractivity contribution in [3.8, 4) is 0 Å². The summed E-state index contributed by atoms with van der Waals surface area (Å²) in [7, 11) is -1.95. The first-order chi connectivity index (χ1) is 7.94. The van der Waals surface area contributed by atoms with E-state index in [1.807, 2.05) is 0 Å². The molecule has 0 saturated carbocycles. The summed E-state index contributed by atoms with van der Waals surface area (Å²) >= 11 is 5.98. The maximum atomic E-state index is 12.4. The van der Waals surface area contributed by atoms with Crippen LogP contribution in [-0.2, 0) is 21.8 Å². The van der Waals surface area contributed by atoms with Gasteiger partial charge in [0.25, 0.3) is 0 Å².